The highest BCUT2D eigenvalue weighted by Gasteiger charge is 2.31. The van der Waals surface area contributed by atoms with Crippen molar-refractivity contribution in [3.8, 4) is 0 Å². The largest absolute Gasteiger partial charge is 0.405 e. The number of aromatic nitrogens is 2. The summed E-state index contributed by atoms with van der Waals surface area (Å²) in [6.45, 7) is 0.569. The number of anilines is 2. The summed E-state index contributed by atoms with van der Waals surface area (Å²) in [5, 5.41) is -0.0503. The molecule has 0 radical (unpaired) electrons. The Morgan fingerprint density at radius 3 is 2.56 bits per heavy atom. The van der Waals surface area contributed by atoms with Crippen molar-refractivity contribution >= 4 is 23.1 Å². The van der Waals surface area contributed by atoms with E-state index in [1.165, 1.54) is 0 Å². The van der Waals surface area contributed by atoms with E-state index in [2.05, 4.69) is 9.97 Å². The smallest absolute Gasteiger partial charge is 0.393 e. The van der Waals surface area contributed by atoms with E-state index in [4.69, 9.17) is 17.3 Å². The predicted octanol–water partition coefficient (Wildman–Crippen LogP) is 2.10. The number of nitrogens with two attached hydrogens (primary N) is 1. The predicted molar refractivity (Wildman–Crippen MR) is 55.4 cm³/mol. The third-order valence-corrected chi connectivity index (χ3v) is 2.17. The molecule has 0 aliphatic rings. The van der Waals surface area contributed by atoms with Gasteiger partial charge < -0.3 is 10.6 Å². The molecule has 1 aromatic heterocycles. The van der Waals surface area contributed by atoms with Gasteiger partial charge in [-0.05, 0) is 6.92 Å². The Labute approximate surface area is 95.2 Å². The molecule has 0 fully saturated rings. The first kappa shape index (κ1) is 12.8. The fourth-order valence-corrected chi connectivity index (χ4v) is 1.30. The van der Waals surface area contributed by atoms with E-state index >= 15 is 0 Å². The maximum absolute atomic E-state index is 12.3. The first-order valence-electron chi connectivity index (χ1n) is 4.42. The lowest BCUT2D eigenvalue weighted by Crippen LogP contribution is -2.35. The lowest BCUT2D eigenvalue weighted by molar-refractivity contribution is -0.119. The normalized spacial score (nSPS) is 11.6. The molecule has 1 heterocycles. The van der Waals surface area contributed by atoms with E-state index < -0.39 is 12.7 Å². The lowest BCUT2D eigenvalue weighted by Gasteiger charge is -2.24. The van der Waals surface area contributed by atoms with E-state index in [9.17, 15) is 13.2 Å². The van der Waals surface area contributed by atoms with Gasteiger partial charge in [-0.1, -0.05) is 11.6 Å². The fraction of sp³-hybridized carbons (Fsp3) is 0.500. The molecule has 0 aliphatic carbocycles. The highest BCUT2D eigenvalue weighted by molar-refractivity contribution is 6.32. The van der Waals surface area contributed by atoms with Crippen LogP contribution in [0.2, 0.25) is 5.15 Å². The van der Waals surface area contributed by atoms with Crippen molar-refractivity contribution in [2.24, 2.45) is 0 Å². The zero-order chi connectivity index (χ0) is 12.3. The highest BCUT2D eigenvalue weighted by Crippen LogP contribution is 2.28. The summed E-state index contributed by atoms with van der Waals surface area (Å²) in [4.78, 5) is 8.26. The molecule has 0 aliphatic heterocycles. The van der Waals surface area contributed by atoms with Crippen LogP contribution in [0.15, 0.2) is 6.33 Å². The summed E-state index contributed by atoms with van der Waals surface area (Å²) in [6.07, 6.45) is -3.24. The van der Waals surface area contributed by atoms with Gasteiger partial charge in [-0.2, -0.15) is 13.2 Å². The van der Waals surface area contributed by atoms with Gasteiger partial charge in [0.2, 0.25) is 0 Å². The Balaban J connectivity index is 3.00. The molecule has 1 rings (SSSR count). The summed E-state index contributed by atoms with van der Waals surface area (Å²) in [6, 6.07) is 0. The van der Waals surface area contributed by atoms with Crippen molar-refractivity contribution in [3.05, 3.63) is 11.5 Å². The van der Waals surface area contributed by atoms with Crippen LogP contribution in [0.4, 0.5) is 24.7 Å². The number of alkyl halides is 3. The molecule has 0 amide bonds. The molecule has 0 unspecified atom stereocenters. The maximum atomic E-state index is 12.3. The van der Waals surface area contributed by atoms with E-state index in [1.807, 2.05) is 0 Å². The van der Waals surface area contributed by atoms with Gasteiger partial charge in [-0.25, -0.2) is 9.97 Å². The van der Waals surface area contributed by atoms with Crippen molar-refractivity contribution in [1.29, 1.82) is 0 Å². The van der Waals surface area contributed by atoms with Gasteiger partial charge >= 0.3 is 6.18 Å². The van der Waals surface area contributed by atoms with Gasteiger partial charge in [-0.15, -0.1) is 0 Å². The summed E-state index contributed by atoms with van der Waals surface area (Å²) >= 11 is 5.60. The Kier molecular flexibility index (Phi) is 3.79. The fourth-order valence-electron chi connectivity index (χ4n) is 1.17. The third-order valence-electron chi connectivity index (χ3n) is 1.87. The quantitative estimate of drug-likeness (QED) is 0.840. The second-order valence-electron chi connectivity index (χ2n) is 3.03. The first-order valence-corrected chi connectivity index (χ1v) is 4.80. The van der Waals surface area contributed by atoms with Crippen molar-refractivity contribution in [2.45, 2.75) is 13.1 Å². The van der Waals surface area contributed by atoms with Crippen molar-refractivity contribution in [1.82, 2.24) is 9.97 Å². The van der Waals surface area contributed by atoms with Crippen LogP contribution in [-0.2, 0) is 0 Å². The molecule has 0 bridgehead atoms. The second kappa shape index (κ2) is 4.73. The molecule has 4 nitrogen and oxygen atoms in total. The van der Waals surface area contributed by atoms with Gasteiger partial charge in [0.05, 0.1) is 0 Å². The summed E-state index contributed by atoms with van der Waals surface area (Å²) in [5.74, 6) is -0.000162. The van der Waals surface area contributed by atoms with Crippen LogP contribution in [0.5, 0.6) is 0 Å². The molecule has 0 saturated carbocycles. The minimum absolute atomic E-state index is 0.000162. The lowest BCUT2D eigenvalue weighted by atomic mass is 10.4. The maximum Gasteiger partial charge on any atom is 0.405 e. The van der Waals surface area contributed by atoms with Crippen molar-refractivity contribution in [2.75, 3.05) is 23.7 Å². The van der Waals surface area contributed by atoms with Gasteiger partial charge in [0.15, 0.2) is 11.0 Å². The van der Waals surface area contributed by atoms with Crippen LogP contribution in [0, 0.1) is 0 Å². The highest BCUT2D eigenvalue weighted by atomic mass is 35.5. The van der Waals surface area contributed by atoms with Crippen LogP contribution in [0.1, 0.15) is 6.92 Å². The molecule has 0 aromatic carbocycles. The zero-order valence-corrected chi connectivity index (χ0v) is 9.18. The molecule has 0 atom stereocenters. The molecular weight excluding hydrogens is 245 g/mol. The second-order valence-corrected chi connectivity index (χ2v) is 3.39. The Hall–Kier alpha value is -1.24. The van der Waals surface area contributed by atoms with Gasteiger partial charge in [0.1, 0.15) is 18.6 Å². The van der Waals surface area contributed by atoms with Crippen LogP contribution >= 0.6 is 11.6 Å². The monoisotopic (exact) mass is 254 g/mol. The number of halogens is 4. The zero-order valence-electron chi connectivity index (χ0n) is 8.42. The number of hydrogen-bond donors (Lipinski definition) is 1. The third kappa shape index (κ3) is 3.13. The summed E-state index contributed by atoms with van der Waals surface area (Å²) in [7, 11) is 0. The van der Waals surface area contributed by atoms with Crippen LogP contribution < -0.4 is 10.6 Å². The van der Waals surface area contributed by atoms with Crippen LogP contribution in [0.3, 0.4) is 0 Å². The Morgan fingerprint density at radius 1 is 1.44 bits per heavy atom. The van der Waals surface area contributed by atoms with Gasteiger partial charge in [0.25, 0.3) is 0 Å². The van der Waals surface area contributed by atoms with E-state index in [1.54, 1.807) is 6.92 Å². The van der Waals surface area contributed by atoms with E-state index in [0.717, 1.165) is 11.2 Å². The SMILES string of the molecule is CCN(CC(F)(F)F)c1ncnc(Cl)c1N. The molecule has 0 saturated heterocycles. The minimum Gasteiger partial charge on any atom is -0.393 e. The Morgan fingerprint density at radius 2 is 2.06 bits per heavy atom. The molecule has 90 valence electrons. The van der Waals surface area contributed by atoms with E-state index in [-0.39, 0.29) is 23.2 Å². The van der Waals surface area contributed by atoms with Gasteiger partial charge in [-0.3, -0.25) is 0 Å². The summed E-state index contributed by atoms with van der Waals surface area (Å²) < 4.78 is 36.8. The number of hydrogen-bond acceptors (Lipinski definition) is 4. The number of rotatable bonds is 3. The molecule has 1 aromatic rings. The molecular formula is C8H10ClF3N4. The first-order chi connectivity index (χ1) is 7.35. The molecule has 2 N–H and O–H groups in total. The topological polar surface area (TPSA) is 55.0 Å². The van der Waals surface area contributed by atoms with Gasteiger partial charge in [0, 0.05) is 6.54 Å². The molecule has 16 heavy (non-hydrogen) atoms. The average Bonchev–Trinajstić information content (AvgIpc) is 2.18. The summed E-state index contributed by atoms with van der Waals surface area (Å²) in [5.41, 5.74) is 5.47. The van der Waals surface area contributed by atoms with Crippen LogP contribution in [0.25, 0.3) is 0 Å². The molecule has 0 spiro atoms. The molecule has 8 heteroatoms. The van der Waals surface area contributed by atoms with E-state index in [0.29, 0.717) is 0 Å². The average molecular weight is 255 g/mol. The number of nitrogens with zero attached hydrogens (tertiary/aromatic N) is 3. The standard InChI is InChI=1S/C8H10ClF3N4/c1-2-16(3-8(10,11)12)7-5(13)6(9)14-4-15-7/h4H,2-3,13H2,1H3. The van der Waals surface area contributed by atoms with Crippen molar-refractivity contribution < 1.29 is 13.2 Å². The minimum atomic E-state index is -4.32. The number of nitrogen functional groups attached to an aromatic ring is 1. The Bertz CT molecular complexity index is 369. The van der Waals surface area contributed by atoms with Crippen LogP contribution in [-0.4, -0.2) is 29.2 Å². The van der Waals surface area contributed by atoms with Crippen molar-refractivity contribution in [3.63, 3.8) is 0 Å².